The highest BCUT2D eigenvalue weighted by Gasteiger charge is 2.24. The van der Waals surface area contributed by atoms with Crippen LogP contribution in [0.4, 0.5) is 0 Å². The van der Waals surface area contributed by atoms with Crippen molar-refractivity contribution >= 4 is 5.91 Å². The summed E-state index contributed by atoms with van der Waals surface area (Å²) in [4.78, 5) is 16.7. The third kappa shape index (κ3) is 4.59. The van der Waals surface area contributed by atoms with E-state index in [9.17, 15) is 4.79 Å². The molecule has 1 unspecified atom stereocenters. The molecule has 1 amide bonds. The van der Waals surface area contributed by atoms with Crippen molar-refractivity contribution in [2.24, 2.45) is 0 Å². The summed E-state index contributed by atoms with van der Waals surface area (Å²) >= 11 is 0. The van der Waals surface area contributed by atoms with Gasteiger partial charge in [-0.2, -0.15) is 0 Å². The summed E-state index contributed by atoms with van der Waals surface area (Å²) < 4.78 is 5.73. The van der Waals surface area contributed by atoms with Gasteiger partial charge in [0.15, 0.2) is 0 Å². The van der Waals surface area contributed by atoms with Crippen LogP contribution in [0, 0.1) is 0 Å². The van der Waals surface area contributed by atoms with Crippen LogP contribution in [-0.4, -0.2) is 17.5 Å². The number of ether oxygens (including phenoxy) is 1. The SMILES string of the molecule is CCCCOc1ncccc1CNC(=O)CC1CCc2ccccc21. The molecule has 132 valence electrons. The van der Waals surface area contributed by atoms with Gasteiger partial charge in [-0.25, -0.2) is 4.98 Å². The Hall–Kier alpha value is -2.36. The number of unbranched alkanes of at least 4 members (excludes halogenated alkanes) is 1. The lowest BCUT2D eigenvalue weighted by Crippen LogP contribution is -2.24. The molecular formula is C21H26N2O2. The fourth-order valence-corrected chi connectivity index (χ4v) is 3.35. The molecule has 3 rings (SSSR count). The van der Waals surface area contributed by atoms with Gasteiger partial charge in [-0.15, -0.1) is 0 Å². The monoisotopic (exact) mass is 338 g/mol. The predicted molar refractivity (Wildman–Crippen MR) is 98.6 cm³/mol. The second-order valence-electron chi connectivity index (χ2n) is 6.58. The maximum absolute atomic E-state index is 12.4. The standard InChI is InChI=1S/C21H26N2O2/c1-2-3-13-25-21-18(8-6-12-22-21)15-23-20(24)14-17-11-10-16-7-4-5-9-19(16)17/h4-9,12,17H,2-3,10-11,13-15H2,1H3,(H,23,24). The van der Waals surface area contributed by atoms with Crippen molar-refractivity contribution in [2.45, 2.75) is 51.5 Å². The number of carbonyl (C=O) groups is 1. The number of aromatic nitrogens is 1. The Balaban J connectivity index is 1.53. The molecule has 0 spiro atoms. The van der Waals surface area contributed by atoms with Crippen LogP contribution in [0.5, 0.6) is 5.88 Å². The van der Waals surface area contributed by atoms with Crippen LogP contribution in [0.2, 0.25) is 0 Å². The quantitative estimate of drug-likeness (QED) is 0.740. The Labute approximate surface area is 149 Å². The van der Waals surface area contributed by atoms with Gasteiger partial charge in [-0.1, -0.05) is 43.7 Å². The number of aryl methyl sites for hydroxylation is 1. The van der Waals surface area contributed by atoms with Gasteiger partial charge in [-0.05, 0) is 42.4 Å². The van der Waals surface area contributed by atoms with E-state index in [4.69, 9.17) is 4.74 Å². The number of benzene rings is 1. The lowest BCUT2D eigenvalue weighted by molar-refractivity contribution is -0.121. The van der Waals surface area contributed by atoms with Crippen molar-refractivity contribution in [3.63, 3.8) is 0 Å². The summed E-state index contributed by atoms with van der Waals surface area (Å²) in [5, 5.41) is 3.03. The first-order valence-corrected chi connectivity index (χ1v) is 9.19. The molecule has 1 heterocycles. The van der Waals surface area contributed by atoms with E-state index in [1.165, 1.54) is 11.1 Å². The van der Waals surface area contributed by atoms with E-state index in [0.717, 1.165) is 31.2 Å². The molecule has 4 nitrogen and oxygen atoms in total. The molecule has 1 aromatic heterocycles. The first kappa shape index (κ1) is 17.5. The van der Waals surface area contributed by atoms with Crippen LogP contribution in [0.3, 0.4) is 0 Å². The third-order valence-corrected chi connectivity index (χ3v) is 4.75. The number of rotatable bonds is 8. The van der Waals surface area contributed by atoms with Crippen LogP contribution < -0.4 is 10.1 Å². The lowest BCUT2D eigenvalue weighted by Gasteiger charge is -2.13. The Morgan fingerprint density at radius 2 is 2.16 bits per heavy atom. The van der Waals surface area contributed by atoms with E-state index < -0.39 is 0 Å². The zero-order valence-corrected chi connectivity index (χ0v) is 14.8. The van der Waals surface area contributed by atoms with Crippen LogP contribution in [0.25, 0.3) is 0 Å². The molecule has 1 aromatic carbocycles. The fourth-order valence-electron chi connectivity index (χ4n) is 3.35. The average molecular weight is 338 g/mol. The number of nitrogens with one attached hydrogen (secondary N) is 1. The Kier molecular flexibility index (Phi) is 6.04. The minimum atomic E-state index is 0.0880. The van der Waals surface area contributed by atoms with E-state index in [1.54, 1.807) is 6.20 Å². The highest BCUT2D eigenvalue weighted by Crippen LogP contribution is 2.35. The van der Waals surface area contributed by atoms with Gasteiger partial charge in [0.05, 0.1) is 6.61 Å². The minimum Gasteiger partial charge on any atom is -0.477 e. The number of fused-ring (bicyclic) bond motifs is 1. The Morgan fingerprint density at radius 3 is 3.04 bits per heavy atom. The van der Waals surface area contributed by atoms with Crippen molar-refractivity contribution in [3.8, 4) is 5.88 Å². The summed E-state index contributed by atoms with van der Waals surface area (Å²) in [6, 6.07) is 12.3. The second-order valence-corrected chi connectivity index (χ2v) is 6.58. The molecule has 1 N–H and O–H groups in total. The van der Waals surface area contributed by atoms with Gasteiger partial charge in [0.2, 0.25) is 11.8 Å². The average Bonchev–Trinajstić information content (AvgIpc) is 3.04. The van der Waals surface area contributed by atoms with Crippen molar-refractivity contribution in [3.05, 3.63) is 59.3 Å². The molecule has 4 heteroatoms. The molecule has 0 radical (unpaired) electrons. The molecule has 1 atom stereocenters. The molecule has 0 fully saturated rings. The van der Waals surface area contributed by atoms with Gasteiger partial charge < -0.3 is 10.1 Å². The summed E-state index contributed by atoms with van der Waals surface area (Å²) in [5.41, 5.74) is 3.65. The normalized spacial score (nSPS) is 15.6. The summed E-state index contributed by atoms with van der Waals surface area (Å²) in [6.07, 6.45) is 6.49. The third-order valence-electron chi connectivity index (χ3n) is 4.75. The lowest BCUT2D eigenvalue weighted by atomic mass is 9.97. The van der Waals surface area contributed by atoms with Crippen LogP contribution in [0.1, 0.15) is 55.2 Å². The van der Waals surface area contributed by atoms with Gasteiger partial charge in [0.1, 0.15) is 0 Å². The van der Waals surface area contributed by atoms with Gasteiger partial charge in [-0.3, -0.25) is 4.79 Å². The molecule has 1 aliphatic rings. The highest BCUT2D eigenvalue weighted by molar-refractivity contribution is 5.77. The topological polar surface area (TPSA) is 51.2 Å². The van der Waals surface area contributed by atoms with Gasteiger partial charge in [0.25, 0.3) is 0 Å². The number of hydrogen-bond acceptors (Lipinski definition) is 3. The van der Waals surface area contributed by atoms with Crippen molar-refractivity contribution in [1.82, 2.24) is 10.3 Å². The number of pyridine rings is 1. The Bertz CT molecular complexity index is 715. The molecule has 0 bridgehead atoms. The summed E-state index contributed by atoms with van der Waals surface area (Å²) in [7, 11) is 0. The van der Waals surface area contributed by atoms with Crippen LogP contribution >= 0.6 is 0 Å². The molecule has 0 saturated heterocycles. The molecule has 2 aromatic rings. The number of carbonyl (C=O) groups excluding carboxylic acids is 1. The van der Waals surface area contributed by atoms with Crippen molar-refractivity contribution < 1.29 is 9.53 Å². The van der Waals surface area contributed by atoms with E-state index in [0.29, 0.717) is 31.4 Å². The first-order chi connectivity index (χ1) is 12.3. The zero-order chi connectivity index (χ0) is 17.5. The molecule has 0 aliphatic heterocycles. The van der Waals surface area contributed by atoms with Crippen molar-refractivity contribution in [1.29, 1.82) is 0 Å². The highest BCUT2D eigenvalue weighted by atomic mass is 16.5. The van der Waals surface area contributed by atoms with E-state index in [-0.39, 0.29) is 5.91 Å². The Morgan fingerprint density at radius 1 is 1.28 bits per heavy atom. The summed E-state index contributed by atoms with van der Waals surface area (Å²) in [5.74, 6) is 1.05. The number of nitrogens with zero attached hydrogens (tertiary/aromatic N) is 1. The fraction of sp³-hybridized carbons (Fsp3) is 0.429. The van der Waals surface area contributed by atoms with E-state index >= 15 is 0 Å². The predicted octanol–water partition coefficient (Wildman–Crippen LogP) is 4.00. The molecule has 25 heavy (non-hydrogen) atoms. The van der Waals surface area contributed by atoms with Crippen LogP contribution in [0.15, 0.2) is 42.6 Å². The van der Waals surface area contributed by atoms with Gasteiger partial charge >= 0.3 is 0 Å². The number of amides is 1. The van der Waals surface area contributed by atoms with E-state index in [1.807, 2.05) is 12.1 Å². The maximum atomic E-state index is 12.4. The first-order valence-electron chi connectivity index (χ1n) is 9.19. The number of hydrogen-bond donors (Lipinski definition) is 1. The minimum absolute atomic E-state index is 0.0880. The van der Waals surface area contributed by atoms with Crippen LogP contribution in [-0.2, 0) is 17.8 Å². The smallest absolute Gasteiger partial charge is 0.220 e. The maximum Gasteiger partial charge on any atom is 0.220 e. The van der Waals surface area contributed by atoms with E-state index in [2.05, 4.69) is 41.5 Å². The molecule has 0 saturated carbocycles. The zero-order valence-electron chi connectivity index (χ0n) is 14.8. The second kappa shape index (κ2) is 8.65. The largest absolute Gasteiger partial charge is 0.477 e. The summed E-state index contributed by atoms with van der Waals surface area (Å²) in [6.45, 7) is 3.25. The molecular weight excluding hydrogens is 312 g/mol. The van der Waals surface area contributed by atoms with Gasteiger partial charge in [0, 0.05) is 24.7 Å². The van der Waals surface area contributed by atoms with Crippen molar-refractivity contribution in [2.75, 3.05) is 6.61 Å². The molecule has 1 aliphatic carbocycles.